The van der Waals surface area contributed by atoms with Crippen molar-refractivity contribution in [1.29, 1.82) is 0 Å². The van der Waals surface area contributed by atoms with E-state index in [0.717, 1.165) is 12.8 Å². The first kappa shape index (κ1) is 12.4. The zero-order chi connectivity index (χ0) is 12.6. The van der Waals surface area contributed by atoms with E-state index in [1.807, 2.05) is 0 Å². The third-order valence-corrected chi connectivity index (χ3v) is 4.15. The summed E-state index contributed by atoms with van der Waals surface area (Å²) in [5.41, 5.74) is 0.0818. The molecule has 2 aliphatic rings. The second-order valence-corrected chi connectivity index (χ2v) is 5.22. The summed E-state index contributed by atoms with van der Waals surface area (Å²) >= 11 is 0. The number of hydrogen-bond acceptors (Lipinski definition) is 3. The fourth-order valence-corrected chi connectivity index (χ4v) is 2.46. The van der Waals surface area contributed by atoms with E-state index in [4.69, 9.17) is 9.84 Å². The van der Waals surface area contributed by atoms with Crippen molar-refractivity contribution in [1.82, 2.24) is 4.90 Å². The van der Waals surface area contributed by atoms with Gasteiger partial charge in [-0.25, -0.2) is 4.79 Å². The van der Waals surface area contributed by atoms with E-state index < -0.39 is 12.0 Å². The standard InChI is InChI=1S/C12H19NO4/c1-3-12(2)6-8(12)10(14)13-4-5-17-7-9(13)11(15)16/h8-9H,3-7H2,1-2H3,(H,15,16). The number of morpholine rings is 1. The van der Waals surface area contributed by atoms with Crippen molar-refractivity contribution in [3.63, 3.8) is 0 Å². The topological polar surface area (TPSA) is 66.8 Å². The maximum absolute atomic E-state index is 12.3. The Morgan fingerprint density at radius 1 is 1.53 bits per heavy atom. The Bertz CT molecular complexity index is 343. The molecule has 96 valence electrons. The molecule has 0 bridgehead atoms. The normalized spacial score (nSPS) is 36.7. The first-order valence-electron chi connectivity index (χ1n) is 6.10. The number of carbonyl (C=O) groups excluding carboxylic acids is 1. The Labute approximate surface area is 101 Å². The molecular weight excluding hydrogens is 222 g/mol. The van der Waals surface area contributed by atoms with Gasteiger partial charge in [-0.1, -0.05) is 13.8 Å². The Morgan fingerprint density at radius 3 is 2.76 bits per heavy atom. The van der Waals surface area contributed by atoms with Gasteiger partial charge >= 0.3 is 5.97 Å². The van der Waals surface area contributed by atoms with E-state index in [1.54, 1.807) is 0 Å². The van der Waals surface area contributed by atoms with Gasteiger partial charge in [0, 0.05) is 12.5 Å². The molecule has 2 fully saturated rings. The van der Waals surface area contributed by atoms with Crippen molar-refractivity contribution in [2.75, 3.05) is 19.8 Å². The molecule has 0 aromatic rings. The molecule has 1 heterocycles. The molecule has 3 atom stereocenters. The molecule has 17 heavy (non-hydrogen) atoms. The largest absolute Gasteiger partial charge is 0.480 e. The Kier molecular flexibility index (Phi) is 3.12. The van der Waals surface area contributed by atoms with Gasteiger partial charge in [-0.05, 0) is 18.3 Å². The lowest BCUT2D eigenvalue weighted by molar-refractivity contribution is -0.159. The fourth-order valence-electron chi connectivity index (χ4n) is 2.46. The van der Waals surface area contributed by atoms with Gasteiger partial charge in [0.1, 0.15) is 0 Å². The number of carboxylic acids is 1. The van der Waals surface area contributed by atoms with Crippen molar-refractivity contribution in [2.24, 2.45) is 11.3 Å². The summed E-state index contributed by atoms with van der Waals surface area (Å²) < 4.78 is 5.13. The Morgan fingerprint density at radius 2 is 2.24 bits per heavy atom. The van der Waals surface area contributed by atoms with Gasteiger partial charge in [-0.2, -0.15) is 0 Å². The molecule has 0 aromatic carbocycles. The molecule has 2 rings (SSSR count). The molecule has 1 aliphatic carbocycles. The average Bonchev–Trinajstić information content (AvgIpc) is 3.01. The maximum atomic E-state index is 12.3. The summed E-state index contributed by atoms with van der Waals surface area (Å²) in [6.45, 7) is 5.10. The van der Waals surface area contributed by atoms with Gasteiger partial charge in [0.25, 0.3) is 0 Å². The lowest BCUT2D eigenvalue weighted by Crippen LogP contribution is -2.53. The molecule has 1 amide bonds. The third-order valence-electron chi connectivity index (χ3n) is 4.15. The number of hydrogen-bond donors (Lipinski definition) is 1. The highest BCUT2D eigenvalue weighted by molar-refractivity contribution is 5.87. The number of carboxylic acid groups (broad SMARTS) is 1. The van der Waals surface area contributed by atoms with Crippen LogP contribution < -0.4 is 0 Å². The smallest absolute Gasteiger partial charge is 0.328 e. The minimum absolute atomic E-state index is 0.00690. The highest BCUT2D eigenvalue weighted by atomic mass is 16.5. The van der Waals surface area contributed by atoms with E-state index in [0.29, 0.717) is 13.2 Å². The van der Waals surface area contributed by atoms with Crippen LogP contribution in [0.1, 0.15) is 26.7 Å². The van der Waals surface area contributed by atoms with Gasteiger partial charge < -0.3 is 14.7 Å². The number of nitrogens with zero attached hydrogens (tertiary/aromatic N) is 1. The van der Waals surface area contributed by atoms with Crippen LogP contribution in [0.5, 0.6) is 0 Å². The maximum Gasteiger partial charge on any atom is 0.328 e. The van der Waals surface area contributed by atoms with E-state index in [1.165, 1.54) is 4.90 Å². The quantitative estimate of drug-likeness (QED) is 0.791. The molecule has 5 heteroatoms. The highest BCUT2D eigenvalue weighted by Gasteiger charge is 2.55. The van der Waals surface area contributed by atoms with Crippen LogP contribution in [-0.2, 0) is 14.3 Å². The number of rotatable bonds is 3. The Balaban J connectivity index is 2.05. The average molecular weight is 241 g/mol. The van der Waals surface area contributed by atoms with Crippen molar-refractivity contribution in [3.8, 4) is 0 Å². The van der Waals surface area contributed by atoms with Crippen molar-refractivity contribution in [2.45, 2.75) is 32.7 Å². The SMILES string of the molecule is CCC1(C)CC1C(=O)N1CCOCC1C(=O)O. The molecule has 1 aliphatic heterocycles. The van der Waals surface area contributed by atoms with Crippen LogP contribution in [0.15, 0.2) is 0 Å². The van der Waals surface area contributed by atoms with E-state index in [-0.39, 0.29) is 23.8 Å². The van der Waals surface area contributed by atoms with Crippen LogP contribution in [0.2, 0.25) is 0 Å². The van der Waals surface area contributed by atoms with Crippen LogP contribution >= 0.6 is 0 Å². The van der Waals surface area contributed by atoms with Crippen LogP contribution in [0.25, 0.3) is 0 Å². The molecule has 5 nitrogen and oxygen atoms in total. The Hall–Kier alpha value is -1.10. The summed E-state index contributed by atoms with van der Waals surface area (Å²) in [5, 5.41) is 9.07. The van der Waals surface area contributed by atoms with E-state index in [9.17, 15) is 9.59 Å². The first-order chi connectivity index (χ1) is 7.99. The molecule has 1 saturated carbocycles. The van der Waals surface area contributed by atoms with Crippen molar-refractivity contribution in [3.05, 3.63) is 0 Å². The summed E-state index contributed by atoms with van der Waals surface area (Å²) in [4.78, 5) is 24.8. The van der Waals surface area contributed by atoms with Crippen LogP contribution in [0.3, 0.4) is 0 Å². The summed E-state index contributed by atoms with van der Waals surface area (Å²) in [7, 11) is 0. The molecule has 3 unspecified atom stereocenters. The lowest BCUT2D eigenvalue weighted by Gasteiger charge is -2.33. The number of carbonyl (C=O) groups is 2. The van der Waals surface area contributed by atoms with Crippen LogP contribution in [0.4, 0.5) is 0 Å². The summed E-state index contributed by atoms with van der Waals surface area (Å²) in [5.74, 6) is -0.977. The van der Waals surface area contributed by atoms with Crippen LogP contribution in [0, 0.1) is 11.3 Å². The number of amides is 1. The van der Waals surface area contributed by atoms with Crippen molar-refractivity contribution >= 4 is 11.9 Å². The summed E-state index contributed by atoms with van der Waals surface area (Å²) in [6.07, 6.45) is 1.84. The fraction of sp³-hybridized carbons (Fsp3) is 0.833. The molecule has 0 spiro atoms. The lowest BCUT2D eigenvalue weighted by atomic mass is 10.0. The molecule has 1 saturated heterocycles. The third kappa shape index (κ3) is 2.16. The second-order valence-electron chi connectivity index (χ2n) is 5.22. The molecular formula is C12H19NO4. The van der Waals surface area contributed by atoms with Crippen molar-refractivity contribution < 1.29 is 19.4 Å². The molecule has 0 aromatic heterocycles. The van der Waals surface area contributed by atoms with Gasteiger partial charge in [0.05, 0.1) is 13.2 Å². The highest BCUT2D eigenvalue weighted by Crippen LogP contribution is 2.55. The van der Waals surface area contributed by atoms with E-state index >= 15 is 0 Å². The van der Waals surface area contributed by atoms with E-state index in [2.05, 4.69) is 13.8 Å². The summed E-state index contributed by atoms with van der Waals surface area (Å²) in [6, 6.07) is -0.807. The van der Waals surface area contributed by atoms with Gasteiger partial charge in [-0.15, -0.1) is 0 Å². The number of aliphatic carboxylic acids is 1. The minimum atomic E-state index is -0.975. The first-order valence-corrected chi connectivity index (χ1v) is 6.10. The van der Waals surface area contributed by atoms with Gasteiger partial charge in [-0.3, -0.25) is 4.79 Å². The minimum Gasteiger partial charge on any atom is -0.480 e. The zero-order valence-corrected chi connectivity index (χ0v) is 10.3. The van der Waals surface area contributed by atoms with Gasteiger partial charge in [0.2, 0.25) is 5.91 Å². The monoisotopic (exact) mass is 241 g/mol. The second kappa shape index (κ2) is 4.29. The predicted molar refractivity (Wildman–Crippen MR) is 60.5 cm³/mol. The zero-order valence-electron chi connectivity index (χ0n) is 10.3. The number of ether oxygens (including phenoxy) is 1. The van der Waals surface area contributed by atoms with Gasteiger partial charge in [0.15, 0.2) is 6.04 Å². The molecule has 0 radical (unpaired) electrons. The predicted octanol–water partition coefficient (Wildman–Crippen LogP) is 0.735. The van der Waals surface area contributed by atoms with Crippen LogP contribution in [-0.4, -0.2) is 47.7 Å². The molecule has 1 N–H and O–H groups in total.